The minimum Gasteiger partial charge on any atom is -0.278 e. The first-order valence-corrected chi connectivity index (χ1v) is 7.30. The van der Waals surface area contributed by atoms with Crippen molar-refractivity contribution in [1.29, 1.82) is 0 Å². The molecular formula is C6H2Cl9N3. The van der Waals surface area contributed by atoms with E-state index in [9.17, 15) is 0 Å². The van der Waals surface area contributed by atoms with Gasteiger partial charge in [-0.3, -0.25) is 5.43 Å². The maximum Gasteiger partial charge on any atom is 0.301 e. The van der Waals surface area contributed by atoms with Crippen LogP contribution < -0.4 is 5.43 Å². The van der Waals surface area contributed by atoms with Crippen LogP contribution in [0, 0.1) is 0 Å². The molecular weight excluding hydrogens is 433 g/mol. The van der Waals surface area contributed by atoms with Crippen LogP contribution in [0.15, 0.2) is 16.9 Å². The summed E-state index contributed by atoms with van der Waals surface area (Å²) in [6.45, 7) is 0. The molecule has 0 amide bonds. The molecule has 12 heteroatoms. The first kappa shape index (κ1) is 17.7. The lowest BCUT2D eigenvalue weighted by molar-refractivity contribution is 0.215. The average Bonchev–Trinajstić information content (AvgIpc) is 2.13. The molecule has 1 heterocycles. The molecule has 18 heavy (non-hydrogen) atoms. The van der Waals surface area contributed by atoms with Crippen LogP contribution in [0.25, 0.3) is 0 Å². The van der Waals surface area contributed by atoms with Gasteiger partial charge in [-0.1, -0.05) is 104 Å². The first-order valence-electron chi connectivity index (χ1n) is 3.90. The Kier molecular flexibility index (Phi) is 5.68. The SMILES string of the molecule is ClC(Cl)(Cl)C1=CC(C(Cl)(Cl)Cl)=NN(C(Cl)(Cl)Cl)N1. The fourth-order valence-electron chi connectivity index (χ4n) is 0.849. The number of hydrazone groups is 1. The fraction of sp³-hybridized carbons (Fsp3) is 0.500. The zero-order chi connectivity index (χ0) is 14.4. The maximum atomic E-state index is 5.70. The van der Waals surface area contributed by atoms with E-state index in [0.717, 1.165) is 5.12 Å². The molecule has 0 aromatic heterocycles. The molecule has 104 valence electrons. The van der Waals surface area contributed by atoms with Crippen molar-refractivity contribution >= 4 is 110 Å². The van der Waals surface area contributed by atoms with E-state index in [1.807, 2.05) is 0 Å². The zero-order valence-electron chi connectivity index (χ0n) is 7.87. The summed E-state index contributed by atoms with van der Waals surface area (Å²) in [5, 5.41) is 4.55. The molecule has 3 nitrogen and oxygen atoms in total. The molecule has 1 aliphatic rings. The molecule has 0 radical (unpaired) electrons. The van der Waals surface area contributed by atoms with Crippen molar-refractivity contribution in [1.82, 2.24) is 10.5 Å². The number of hydrogen-bond acceptors (Lipinski definition) is 3. The molecule has 0 saturated heterocycles. The molecule has 1 N–H and O–H groups in total. The molecule has 1 aliphatic heterocycles. The number of hydrazine groups is 1. The van der Waals surface area contributed by atoms with Crippen LogP contribution in [0.3, 0.4) is 0 Å². The van der Waals surface area contributed by atoms with Crippen molar-refractivity contribution in [2.45, 2.75) is 11.5 Å². The third-order valence-corrected chi connectivity index (χ3v) is 3.22. The Labute approximate surface area is 148 Å². The molecule has 1 rings (SSSR count). The van der Waals surface area contributed by atoms with Gasteiger partial charge in [0.15, 0.2) is 0 Å². The van der Waals surface area contributed by atoms with Crippen LogP contribution in [0.5, 0.6) is 0 Å². The summed E-state index contributed by atoms with van der Waals surface area (Å²) < 4.78 is -5.70. The number of nitrogens with zero attached hydrogens (tertiary/aromatic N) is 2. The Hall–Kier alpha value is 1.62. The minimum absolute atomic E-state index is 0.00940. The molecule has 0 fully saturated rings. The summed E-state index contributed by atoms with van der Waals surface area (Å²) in [5.41, 5.74) is 2.40. The molecule has 0 unspecified atom stereocenters. The highest BCUT2D eigenvalue weighted by atomic mass is 35.6. The monoisotopic (exact) mass is 431 g/mol. The van der Waals surface area contributed by atoms with Gasteiger partial charge >= 0.3 is 3.92 Å². The van der Waals surface area contributed by atoms with Gasteiger partial charge in [0, 0.05) is 0 Å². The second-order valence-electron chi connectivity index (χ2n) is 2.93. The Bertz CT molecular complexity index is 385. The molecule has 0 aliphatic carbocycles. The third kappa shape index (κ3) is 4.87. The smallest absolute Gasteiger partial charge is 0.278 e. The highest BCUT2D eigenvalue weighted by molar-refractivity contribution is 6.78. The highest BCUT2D eigenvalue weighted by Crippen LogP contribution is 2.40. The van der Waals surface area contributed by atoms with Crippen LogP contribution in [-0.4, -0.2) is 22.3 Å². The third-order valence-electron chi connectivity index (χ3n) is 1.55. The lowest BCUT2D eigenvalue weighted by Crippen LogP contribution is -2.48. The molecule has 0 aromatic rings. The Morgan fingerprint density at radius 3 is 1.72 bits per heavy atom. The normalized spacial score (nSPS) is 18.2. The number of hydrogen-bond donors (Lipinski definition) is 1. The number of nitrogens with one attached hydrogen (secondary N) is 1. The van der Waals surface area contributed by atoms with Gasteiger partial charge in [0.25, 0.3) is 0 Å². The lowest BCUT2D eigenvalue weighted by atomic mass is 10.3. The number of rotatable bonds is 0. The van der Waals surface area contributed by atoms with Gasteiger partial charge in [-0.15, -0.1) is 0 Å². The molecule has 0 aromatic carbocycles. The molecule has 0 spiro atoms. The predicted molar refractivity (Wildman–Crippen MR) is 81.4 cm³/mol. The molecule has 0 bridgehead atoms. The maximum absolute atomic E-state index is 5.70. The van der Waals surface area contributed by atoms with E-state index in [-0.39, 0.29) is 11.4 Å². The minimum atomic E-state index is -1.98. The van der Waals surface area contributed by atoms with E-state index >= 15 is 0 Å². The van der Waals surface area contributed by atoms with Crippen molar-refractivity contribution in [2.24, 2.45) is 5.10 Å². The van der Waals surface area contributed by atoms with E-state index < -0.39 is 11.5 Å². The van der Waals surface area contributed by atoms with Crippen molar-refractivity contribution in [3.8, 4) is 0 Å². The topological polar surface area (TPSA) is 27.6 Å². The predicted octanol–water partition coefficient (Wildman–Crippen LogP) is 5.11. The quantitative estimate of drug-likeness (QED) is 0.423. The van der Waals surface area contributed by atoms with Gasteiger partial charge in [-0.25, -0.2) is 0 Å². The summed E-state index contributed by atoms with van der Waals surface area (Å²) in [4.78, 5) is 0. The van der Waals surface area contributed by atoms with Crippen LogP contribution in [0.1, 0.15) is 0 Å². The van der Waals surface area contributed by atoms with Crippen LogP contribution in [-0.2, 0) is 0 Å². The number of alkyl halides is 9. The standard InChI is InChI=1S/C6H2Cl9N3/c7-4(8,9)2-1-3(5(10,11)12)17-18(16-2)6(13,14)15/h1,16H. The highest BCUT2D eigenvalue weighted by Gasteiger charge is 2.40. The Morgan fingerprint density at radius 2 is 1.39 bits per heavy atom. The van der Waals surface area contributed by atoms with E-state index in [2.05, 4.69) is 10.5 Å². The summed E-state index contributed by atoms with van der Waals surface area (Å²) >= 11 is 51.1. The van der Waals surface area contributed by atoms with Crippen LogP contribution in [0.4, 0.5) is 0 Å². The second kappa shape index (κ2) is 5.78. The van der Waals surface area contributed by atoms with Gasteiger partial charge in [0.1, 0.15) is 5.71 Å². The van der Waals surface area contributed by atoms with Gasteiger partial charge in [-0.2, -0.15) is 10.2 Å². The Morgan fingerprint density at radius 1 is 0.889 bits per heavy atom. The van der Waals surface area contributed by atoms with Crippen molar-refractivity contribution in [2.75, 3.05) is 0 Å². The summed E-state index contributed by atoms with van der Waals surface area (Å²) in [7, 11) is 0. The zero-order valence-corrected chi connectivity index (χ0v) is 14.7. The summed E-state index contributed by atoms with van der Waals surface area (Å²) in [6, 6.07) is 0. The number of allylic oxidation sites excluding steroid dienone is 2. The summed E-state index contributed by atoms with van der Waals surface area (Å²) in [5.74, 6) is 0. The van der Waals surface area contributed by atoms with Gasteiger partial charge in [-0.05, 0) is 6.08 Å². The molecule has 0 saturated carbocycles. The number of halogens is 9. The van der Waals surface area contributed by atoms with Crippen molar-refractivity contribution < 1.29 is 0 Å². The van der Waals surface area contributed by atoms with E-state index in [1.54, 1.807) is 0 Å². The average molecular weight is 435 g/mol. The van der Waals surface area contributed by atoms with Crippen molar-refractivity contribution in [3.05, 3.63) is 11.8 Å². The van der Waals surface area contributed by atoms with Gasteiger partial charge < -0.3 is 0 Å². The van der Waals surface area contributed by atoms with E-state index in [4.69, 9.17) is 104 Å². The fourth-order valence-corrected chi connectivity index (χ4v) is 1.66. The first-order chi connectivity index (χ1) is 7.82. The van der Waals surface area contributed by atoms with Gasteiger partial charge in [0.05, 0.1) is 5.70 Å². The Balaban J connectivity index is 3.21. The molecule has 0 atom stereocenters. The van der Waals surface area contributed by atoms with E-state index in [0.29, 0.717) is 0 Å². The largest absolute Gasteiger partial charge is 0.301 e. The second-order valence-corrected chi connectivity index (χ2v) is 9.71. The van der Waals surface area contributed by atoms with E-state index in [1.165, 1.54) is 6.08 Å². The van der Waals surface area contributed by atoms with Crippen LogP contribution in [0.2, 0.25) is 0 Å². The van der Waals surface area contributed by atoms with Crippen LogP contribution >= 0.6 is 104 Å². The van der Waals surface area contributed by atoms with Gasteiger partial charge in [0.2, 0.25) is 7.59 Å². The summed E-state index contributed by atoms with van der Waals surface area (Å²) in [6.07, 6.45) is 1.23. The lowest BCUT2D eigenvalue weighted by Gasteiger charge is -2.34. The van der Waals surface area contributed by atoms with Crippen molar-refractivity contribution in [3.63, 3.8) is 0 Å².